The minimum Gasteiger partial charge on any atom is -0.353 e. The van der Waals surface area contributed by atoms with Crippen molar-refractivity contribution in [2.75, 3.05) is 32.7 Å². The molecule has 1 aliphatic rings. The zero-order chi connectivity index (χ0) is 19.4. The van der Waals surface area contributed by atoms with E-state index < -0.39 is 0 Å². The third-order valence-electron chi connectivity index (χ3n) is 4.44. The molecule has 1 aromatic carbocycles. The van der Waals surface area contributed by atoms with E-state index in [1.165, 1.54) is 0 Å². The number of halogens is 1. The number of carbonyl (C=O) groups excluding carboxylic acids is 2. The molecule has 144 valence electrons. The van der Waals surface area contributed by atoms with Gasteiger partial charge in [0.15, 0.2) is 0 Å². The summed E-state index contributed by atoms with van der Waals surface area (Å²) < 4.78 is 1.11. The summed E-state index contributed by atoms with van der Waals surface area (Å²) >= 11 is 8.00. The molecule has 1 fully saturated rings. The first-order valence-corrected chi connectivity index (χ1v) is 10.3. The Hall–Kier alpha value is -1.89. The first kappa shape index (κ1) is 19.9. The summed E-state index contributed by atoms with van der Waals surface area (Å²) in [6.45, 7) is 6.93. The van der Waals surface area contributed by atoms with Gasteiger partial charge in [0.2, 0.25) is 11.8 Å². The monoisotopic (exact) mass is 405 g/mol. The number of benzene rings is 1. The van der Waals surface area contributed by atoms with Crippen LogP contribution in [0.25, 0.3) is 16.2 Å². The van der Waals surface area contributed by atoms with E-state index in [1.807, 2.05) is 43.0 Å². The van der Waals surface area contributed by atoms with Gasteiger partial charge in [-0.3, -0.25) is 14.5 Å². The molecule has 0 unspecified atom stereocenters. The maximum absolute atomic E-state index is 12.5. The first-order chi connectivity index (χ1) is 12.9. The standard InChI is InChI=1S/C20H24ClN3O2S/c1-14(2)22-18(25)13-23-9-11-24(12-10-23)19(26)8-7-17-20(21)15-5-3-4-6-16(15)27-17/h3-8,14H,9-13H2,1-2H3,(H,22,25)/b8-7+. The van der Waals surface area contributed by atoms with Crippen molar-refractivity contribution in [2.45, 2.75) is 19.9 Å². The topological polar surface area (TPSA) is 52.7 Å². The van der Waals surface area contributed by atoms with Crippen LogP contribution in [0.3, 0.4) is 0 Å². The summed E-state index contributed by atoms with van der Waals surface area (Å²) in [5, 5.41) is 4.61. The number of fused-ring (bicyclic) bond motifs is 1. The Labute approximate surface area is 168 Å². The molecular formula is C20H24ClN3O2S. The van der Waals surface area contributed by atoms with Crippen LogP contribution in [-0.4, -0.2) is 60.4 Å². The van der Waals surface area contributed by atoms with Crippen molar-refractivity contribution in [2.24, 2.45) is 0 Å². The zero-order valence-corrected chi connectivity index (χ0v) is 17.1. The fraction of sp³-hybridized carbons (Fsp3) is 0.400. The van der Waals surface area contributed by atoms with E-state index in [2.05, 4.69) is 10.2 Å². The van der Waals surface area contributed by atoms with E-state index in [0.717, 1.165) is 15.0 Å². The molecule has 0 saturated carbocycles. The molecule has 2 heterocycles. The highest BCUT2D eigenvalue weighted by Gasteiger charge is 2.21. The van der Waals surface area contributed by atoms with Crippen LogP contribution in [0.4, 0.5) is 0 Å². The maximum atomic E-state index is 12.5. The highest BCUT2D eigenvalue weighted by molar-refractivity contribution is 7.20. The lowest BCUT2D eigenvalue weighted by molar-refractivity contribution is -0.128. The predicted molar refractivity (Wildman–Crippen MR) is 112 cm³/mol. The van der Waals surface area contributed by atoms with Crippen LogP contribution in [0, 0.1) is 0 Å². The minimum absolute atomic E-state index is 0.0187. The number of thiophene rings is 1. The third-order valence-corrected chi connectivity index (χ3v) is 6.09. The summed E-state index contributed by atoms with van der Waals surface area (Å²) in [5.74, 6) is 0.0129. The van der Waals surface area contributed by atoms with Crippen molar-refractivity contribution in [3.05, 3.63) is 40.2 Å². The van der Waals surface area contributed by atoms with Crippen LogP contribution in [0.1, 0.15) is 18.7 Å². The van der Waals surface area contributed by atoms with Gasteiger partial charge in [0.25, 0.3) is 0 Å². The Bertz CT molecular complexity index is 854. The number of piperazine rings is 1. The molecule has 3 rings (SSSR count). The van der Waals surface area contributed by atoms with E-state index in [0.29, 0.717) is 37.7 Å². The van der Waals surface area contributed by atoms with Gasteiger partial charge in [0, 0.05) is 53.3 Å². The molecule has 7 heteroatoms. The van der Waals surface area contributed by atoms with Crippen LogP contribution in [0.2, 0.25) is 5.02 Å². The molecule has 1 N–H and O–H groups in total. The second-order valence-electron chi connectivity index (χ2n) is 6.93. The molecule has 0 spiro atoms. The van der Waals surface area contributed by atoms with Crippen molar-refractivity contribution >= 4 is 50.9 Å². The molecule has 5 nitrogen and oxygen atoms in total. The highest BCUT2D eigenvalue weighted by Crippen LogP contribution is 2.35. The van der Waals surface area contributed by atoms with Crippen molar-refractivity contribution < 1.29 is 9.59 Å². The van der Waals surface area contributed by atoms with Gasteiger partial charge in [-0.25, -0.2) is 0 Å². The number of hydrogen-bond acceptors (Lipinski definition) is 4. The average molecular weight is 406 g/mol. The third kappa shape index (κ3) is 5.09. The Morgan fingerprint density at radius 1 is 1.22 bits per heavy atom. The number of rotatable bonds is 5. The summed E-state index contributed by atoms with van der Waals surface area (Å²) in [7, 11) is 0. The summed E-state index contributed by atoms with van der Waals surface area (Å²) in [5.41, 5.74) is 0. The summed E-state index contributed by atoms with van der Waals surface area (Å²) in [6.07, 6.45) is 3.40. The maximum Gasteiger partial charge on any atom is 0.246 e. The van der Waals surface area contributed by atoms with Gasteiger partial charge >= 0.3 is 0 Å². The van der Waals surface area contributed by atoms with Crippen LogP contribution >= 0.6 is 22.9 Å². The van der Waals surface area contributed by atoms with Gasteiger partial charge in [0.1, 0.15) is 0 Å². The van der Waals surface area contributed by atoms with Crippen LogP contribution in [0.5, 0.6) is 0 Å². The van der Waals surface area contributed by atoms with Crippen molar-refractivity contribution in [3.8, 4) is 0 Å². The molecule has 0 atom stereocenters. The molecule has 1 aliphatic heterocycles. The minimum atomic E-state index is -0.0187. The van der Waals surface area contributed by atoms with E-state index in [1.54, 1.807) is 23.5 Å². The van der Waals surface area contributed by atoms with E-state index in [-0.39, 0.29) is 17.9 Å². The number of hydrogen-bond donors (Lipinski definition) is 1. The SMILES string of the molecule is CC(C)NC(=O)CN1CCN(C(=O)/C=C/c2sc3ccccc3c2Cl)CC1. The van der Waals surface area contributed by atoms with Crippen LogP contribution < -0.4 is 5.32 Å². The zero-order valence-electron chi connectivity index (χ0n) is 15.6. The Morgan fingerprint density at radius 3 is 2.59 bits per heavy atom. The molecular weight excluding hydrogens is 382 g/mol. The Morgan fingerprint density at radius 2 is 1.93 bits per heavy atom. The van der Waals surface area contributed by atoms with E-state index in [9.17, 15) is 9.59 Å². The molecule has 1 saturated heterocycles. The van der Waals surface area contributed by atoms with Gasteiger partial charge in [-0.05, 0) is 26.0 Å². The molecule has 1 aromatic heterocycles. The normalized spacial score (nSPS) is 15.8. The van der Waals surface area contributed by atoms with Gasteiger partial charge in [0.05, 0.1) is 11.6 Å². The van der Waals surface area contributed by atoms with Crippen molar-refractivity contribution in [3.63, 3.8) is 0 Å². The Kier molecular flexibility index (Phi) is 6.52. The highest BCUT2D eigenvalue weighted by atomic mass is 35.5. The molecule has 2 amide bonds. The van der Waals surface area contributed by atoms with Crippen LogP contribution in [-0.2, 0) is 9.59 Å². The first-order valence-electron chi connectivity index (χ1n) is 9.10. The van der Waals surface area contributed by atoms with E-state index in [4.69, 9.17) is 11.6 Å². The lowest BCUT2D eigenvalue weighted by atomic mass is 10.2. The largest absolute Gasteiger partial charge is 0.353 e. The molecule has 0 aliphatic carbocycles. The second kappa shape index (κ2) is 8.87. The molecule has 27 heavy (non-hydrogen) atoms. The van der Waals surface area contributed by atoms with Gasteiger partial charge in [-0.2, -0.15) is 0 Å². The second-order valence-corrected chi connectivity index (χ2v) is 8.40. The van der Waals surface area contributed by atoms with Gasteiger partial charge in [-0.1, -0.05) is 29.8 Å². The smallest absolute Gasteiger partial charge is 0.246 e. The number of carbonyl (C=O) groups is 2. The van der Waals surface area contributed by atoms with Gasteiger partial charge < -0.3 is 10.2 Å². The van der Waals surface area contributed by atoms with Crippen molar-refractivity contribution in [1.82, 2.24) is 15.1 Å². The predicted octanol–water partition coefficient (Wildman–Crippen LogP) is 3.24. The molecule has 2 aromatic rings. The van der Waals surface area contributed by atoms with Gasteiger partial charge in [-0.15, -0.1) is 11.3 Å². The number of nitrogens with zero attached hydrogens (tertiary/aromatic N) is 2. The fourth-order valence-corrected chi connectivity index (χ4v) is 4.49. The fourth-order valence-electron chi connectivity index (χ4n) is 3.09. The lowest BCUT2D eigenvalue weighted by Crippen LogP contribution is -2.51. The average Bonchev–Trinajstić information content (AvgIpc) is 2.96. The van der Waals surface area contributed by atoms with Crippen molar-refractivity contribution in [1.29, 1.82) is 0 Å². The molecule has 0 radical (unpaired) electrons. The molecule has 0 bridgehead atoms. The summed E-state index contributed by atoms with van der Waals surface area (Å²) in [6, 6.07) is 8.10. The number of nitrogens with one attached hydrogen (secondary N) is 1. The lowest BCUT2D eigenvalue weighted by Gasteiger charge is -2.33. The van der Waals surface area contributed by atoms with E-state index >= 15 is 0 Å². The number of amides is 2. The summed E-state index contributed by atoms with van der Waals surface area (Å²) in [4.78, 5) is 29.1. The van der Waals surface area contributed by atoms with Crippen LogP contribution in [0.15, 0.2) is 30.3 Å². The Balaban J connectivity index is 1.54. The quantitative estimate of drug-likeness (QED) is 0.777.